The van der Waals surface area contributed by atoms with E-state index in [1.54, 1.807) is 17.4 Å². The number of hydrogen-bond acceptors (Lipinski definition) is 6. The quantitative estimate of drug-likeness (QED) is 0.580. The lowest BCUT2D eigenvalue weighted by Gasteiger charge is -2.20. The molecule has 2 aromatic carbocycles. The molecule has 3 aromatic rings. The maximum absolute atomic E-state index is 12.2. The Bertz CT molecular complexity index is 1060. The molecule has 154 valence electrons. The van der Waals surface area contributed by atoms with Gasteiger partial charge in [-0.1, -0.05) is 24.3 Å². The largest absolute Gasteiger partial charge is 0.487 e. The molecule has 7 heteroatoms. The first-order valence-electron chi connectivity index (χ1n) is 9.64. The summed E-state index contributed by atoms with van der Waals surface area (Å²) in [4.78, 5) is 16.6. The van der Waals surface area contributed by atoms with E-state index in [2.05, 4.69) is 10.3 Å². The summed E-state index contributed by atoms with van der Waals surface area (Å²) in [6, 6.07) is 13.3. The molecular formula is C23H22N2O4S. The molecule has 0 aliphatic carbocycles. The number of carbonyl (C=O) groups excluding carboxylic acids is 1. The summed E-state index contributed by atoms with van der Waals surface area (Å²) in [6.07, 6.45) is 3.27. The van der Waals surface area contributed by atoms with Crippen LogP contribution < -0.4 is 19.5 Å². The number of ether oxygens (including phenoxy) is 3. The smallest absolute Gasteiger partial charge is 0.244 e. The van der Waals surface area contributed by atoms with Crippen LogP contribution in [0.2, 0.25) is 0 Å². The highest BCUT2D eigenvalue weighted by Crippen LogP contribution is 2.33. The van der Waals surface area contributed by atoms with Gasteiger partial charge in [-0.2, -0.15) is 0 Å². The van der Waals surface area contributed by atoms with E-state index in [9.17, 15) is 4.79 Å². The number of aryl methyl sites for hydroxylation is 1. The van der Waals surface area contributed by atoms with Crippen molar-refractivity contribution in [2.75, 3.05) is 13.2 Å². The van der Waals surface area contributed by atoms with Crippen molar-refractivity contribution in [2.45, 2.75) is 20.1 Å². The Kier molecular flexibility index (Phi) is 6.29. The molecule has 1 aromatic heterocycles. The second kappa shape index (κ2) is 9.45. The Morgan fingerprint density at radius 3 is 2.97 bits per heavy atom. The molecule has 0 fully saturated rings. The van der Waals surface area contributed by atoms with E-state index < -0.39 is 0 Å². The fourth-order valence-corrected chi connectivity index (χ4v) is 3.62. The third-order valence-corrected chi connectivity index (χ3v) is 5.26. The molecule has 1 amide bonds. The molecular weight excluding hydrogens is 400 g/mol. The standard InChI is InChI=1S/C23H22N2O4S/c1-16-25-19(15-30-16)14-29-20-6-2-4-17(12-20)8-9-22(26)24-13-18-5-3-7-21-23(18)28-11-10-27-21/h2-9,12,15H,10-11,13-14H2,1H3,(H,24,26)/b9-8+. The van der Waals surface area contributed by atoms with Crippen molar-refractivity contribution in [3.05, 3.63) is 75.7 Å². The van der Waals surface area contributed by atoms with Crippen molar-refractivity contribution >= 4 is 23.3 Å². The summed E-state index contributed by atoms with van der Waals surface area (Å²) in [5, 5.41) is 5.89. The molecule has 1 aliphatic rings. The topological polar surface area (TPSA) is 69.7 Å². The predicted octanol–water partition coefficient (Wildman–Crippen LogP) is 4.13. The fraction of sp³-hybridized carbons (Fsp3) is 0.217. The molecule has 1 aliphatic heterocycles. The molecule has 2 heterocycles. The van der Waals surface area contributed by atoms with Crippen LogP contribution in [0.5, 0.6) is 17.2 Å². The van der Waals surface area contributed by atoms with Crippen LogP contribution in [0.1, 0.15) is 21.8 Å². The first-order valence-corrected chi connectivity index (χ1v) is 10.5. The summed E-state index contributed by atoms with van der Waals surface area (Å²) >= 11 is 1.60. The minimum absolute atomic E-state index is 0.186. The number of hydrogen-bond donors (Lipinski definition) is 1. The van der Waals surface area contributed by atoms with E-state index in [-0.39, 0.29) is 5.91 Å². The van der Waals surface area contributed by atoms with E-state index in [0.717, 1.165) is 27.6 Å². The summed E-state index contributed by atoms with van der Waals surface area (Å²) in [5.74, 6) is 1.96. The zero-order chi connectivity index (χ0) is 20.8. The Morgan fingerprint density at radius 2 is 2.10 bits per heavy atom. The molecule has 0 unspecified atom stereocenters. The van der Waals surface area contributed by atoms with Crippen LogP contribution in [0.25, 0.3) is 6.08 Å². The van der Waals surface area contributed by atoms with Crippen LogP contribution in [-0.2, 0) is 17.9 Å². The Hall–Kier alpha value is -3.32. The normalized spacial score (nSPS) is 12.7. The van der Waals surface area contributed by atoms with Gasteiger partial charge < -0.3 is 19.5 Å². The lowest BCUT2D eigenvalue weighted by atomic mass is 10.1. The molecule has 0 atom stereocenters. The molecule has 0 radical (unpaired) electrons. The minimum Gasteiger partial charge on any atom is -0.487 e. The first-order chi connectivity index (χ1) is 14.7. The Morgan fingerprint density at radius 1 is 1.23 bits per heavy atom. The predicted molar refractivity (Wildman–Crippen MR) is 116 cm³/mol. The summed E-state index contributed by atoms with van der Waals surface area (Å²) in [6.45, 7) is 3.81. The monoisotopic (exact) mass is 422 g/mol. The third-order valence-electron chi connectivity index (χ3n) is 4.44. The zero-order valence-corrected chi connectivity index (χ0v) is 17.4. The van der Waals surface area contributed by atoms with E-state index in [1.807, 2.05) is 54.8 Å². The van der Waals surface area contributed by atoms with Crippen molar-refractivity contribution in [2.24, 2.45) is 0 Å². The summed E-state index contributed by atoms with van der Waals surface area (Å²) < 4.78 is 17.0. The number of nitrogens with one attached hydrogen (secondary N) is 1. The number of nitrogens with zero attached hydrogens (tertiary/aromatic N) is 1. The third kappa shape index (κ3) is 5.18. The highest BCUT2D eigenvalue weighted by atomic mass is 32.1. The second-order valence-electron chi connectivity index (χ2n) is 6.71. The number of amides is 1. The van der Waals surface area contributed by atoms with Crippen molar-refractivity contribution in [1.82, 2.24) is 10.3 Å². The van der Waals surface area contributed by atoms with Gasteiger partial charge in [-0.15, -0.1) is 11.3 Å². The van der Waals surface area contributed by atoms with Crippen molar-refractivity contribution < 1.29 is 19.0 Å². The van der Waals surface area contributed by atoms with E-state index >= 15 is 0 Å². The van der Waals surface area contributed by atoms with Crippen LogP contribution in [0.4, 0.5) is 0 Å². The summed E-state index contributed by atoms with van der Waals surface area (Å²) in [7, 11) is 0. The highest BCUT2D eigenvalue weighted by Gasteiger charge is 2.15. The molecule has 6 nitrogen and oxygen atoms in total. The number of para-hydroxylation sites is 1. The molecule has 4 rings (SSSR count). The molecule has 0 bridgehead atoms. The van der Waals surface area contributed by atoms with Crippen molar-refractivity contribution in [1.29, 1.82) is 0 Å². The lowest BCUT2D eigenvalue weighted by molar-refractivity contribution is -0.116. The van der Waals surface area contributed by atoms with Crippen LogP contribution in [0.15, 0.2) is 53.9 Å². The lowest BCUT2D eigenvalue weighted by Crippen LogP contribution is -2.22. The van der Waals surface area contributed by atoms with Crippen LogP contribution in [0.3, 0.4) is 0 Å². The SMILES string of the molecule is Cc1nc(COc2cccc(/C=C/C(=O)NCc3cccc4c3OCCO4)c2)cs1. The van der Waals surface area contributed by atoms with Gasteiger partial charge in [0.1, 0.15) is 25.6 Å². The van der Waals surface area contributed by atoms with Crippen LogP contribution in [0, 0.1) is 6.92 Å². The first kappa shape index (κ1) is 20.0. The average molecular weight is 423 g/mol. The second-order valence-corrected chi connectivity index (χ2v) is 7.77. The molecule has 0 spiro atoms. The van der Waals surface area contributed by atoms with Gasteiger partial charge in [0.25, 0.3) is 0 Å². The van der Waals surface area contributed by atoms with Crippen LogP contribution >= 0.6 is 11.3 Å². The summed E-state index contributed by atoms with van der Waals surface area (Å²) in [5.41, 5.74) is 2.68. The number of thiazole rings is 1. The van der Waals surface area contributed by atoms with E-state index in [4.69, 9.17) is 14.2 Å². The van der Waals surface area contributed by atoms with Crippen LogP contribution in [-0.4, -0.2) is 24.1 Å². The van der Waals surface area contributed by atoms with Crippen molar-refractivity contribution in [3.63, 3.8) is 0 Å². The molecule has 30 heavy (non-hydrogen) atoms. The van der Waals surface area contributed by atoms with Crippen molar-refractivity contribution in [3.8, 4) is 17.2 Å². The fourth-order valence-electron chi connectivity index (χ4n) is 3.03. The number of aromatic nitrogens is 1. The van der Waals surface area contributed by atoms with E-state index in [1.165, 1.54) is 6.08 Å². The number of fused-ring (bicyclic) bond motifs is 1. The maximum atomic E-state index is 12.2. The number of carbonyl (C=O) groups is 1. The Balaban J connectivity index is 1.32. The average Bonchev–Trinajstić information content (AvgIpc) is 3.20. The zero-order valence-electron chi connectivity index (χ0n) is 16.6. The van der Waals surface area contributed by atoms with Gasteiger partial charge in [-0.3, -0.25) is 4.79 Å². The number of rotatable bonds is 7. The van der Waals surface area contributed by atoms with Gasteiger partial charge >= 0.3 is 0 Å². The van der Waals surface area contributed by atoms with Gasteiger partial charge in [0, 0.05) is 23.6 Å². The molecule has 0 saturated carbocycles. The number of benzene rings is 2. The minimum atomic E-state index is -0.186. The Labute approximate surface area is 179 Å². The highest BCUT2D eigenvalue weighted by molar-refractivity contribution is 7.09. The molecule has 0 saturated heterocycles. The van der Waals surface area contributed by atoms with Gasteiger partial charge in [0.2, 0.25) is 5.91 Å². The van der Waals surface area contributed by atoms with Gasteiger partial charge in [0.15, 0.2) is 11.5 Å². The van der Waals surface area contributed by atoms with E-state index in [0.29, 0.717) is 37.9 Å². The van der Waals surface area contributed by atoms with Gasteiger partial charge in [-0.05, 0) is 36.8 Å². The maximum Gasteiger partial charge on any atom is 0.244 e. The van der Waals surface area contributed by atoms with Gasteiger partial charge in [0.05, 0.1) is 10.7 Å². The van der Waals surface area contributed by atoms with Gasteiger partial charge in [-0.25, -0.2) is 4.98 Å². The molecule has 1 N–H and O–H groups in total.